The van der Waals surface area contributed by atoms with Crippen molar-refractivity contribution in [2.75, 3.05) is 26.0 Å². The molecule has 0 saturated heterocycles. The Bertz CT molecular complexity index is 856. The Hall–Kier alpha value is -2.62. The first-order valence-corrected chi connectivity index (χ1v) is 7.68. The molecular formula is C16H19FN6O2. The van der Waals surface area contributed by atoms with Crippen molar-refractivity contribution in [1.29, 1.82) is 0 Å². The van der Waals surface area contributed by atoms with Crippen molar-refractivity contribution in [2.45, 2.75) is 12.6 Å². The Morgan fingerprint density at radius 3 is 3.04 bits per heavy atom. The summed E-state index contributed by atoms with van der Waals surface area (Å²) >= 11 is 0. The second kappa shape index (κ2) is 7.51. The van der Waals surface area contributed by atoms with E-state index in [4.69, 9.17) is 4.84 Å². The number of hydroxylamine groups is 2. The molecular weight excluding hydrogens is 327 g/mol. The smallest absolute Gasteiger partial charge is 0.141 e. The van der Waals surface area contributed by atoms with E-state index in [-0.39, 0.29) is 5.82 Å². The second-order valence-electron chi connectivity index (χ2n) is 5.61. The van der Waals surface area contributed by atoms with Crippen LogP contribution in [-0.4, -0.2) is 56.7 Å². The predicted octanol–water partition coefficient (Wildman–Crippen LogP) is 1.56. The molecule has 3 aromatic rings. The van der Waals surface area contributed by atoms with Gasteiger partial charge in [-0.1, -0.05) is 0 Å². The minimum Gasteiger partial charge on any atom is -0.390 e. The number of nitrogens with one attached hydrogen (secondary N) is 1. The Labute approximate surface area is 143 Å². The van der Waals surface area contributed by atoms with Gasteiger partial charge >= 0.3 is 0 Å². The van der Waals surface area contributed by atoms with Crippen molar-refractivity contribution in [3.63, 3.8) is 0 Å². The van der Waals surface area contributed by atoms with Crippen LogP contribution in [0.3, 0.4) is 0 Å². The van der Waals surface area contributed by atoms with E-state index in [1.54, 1.807) is 42.4 Å². The van der Waals surface area contributed by atoms with Crippen molar-refractivity contribution < 1.29 is 14.3 Å². The van der Waals surface area contributed by atoms with Crippen molar-refractivity contribution >= 4 is 22.4 Å². The SMILES string of the molecule is CON(C)CC(O)Cn1cc(Nc2ncnc3cc(F)ccc23)cn1. The van der Waals surface area contributed by atoms with Crippen LogP contribution >= 0.6 is 0 Å². The molecule has 0 amide bonds. The summed E-state index contributed by atoms with van der Waals surface area (Å²) in [6.45, 7) is 0.687. The number of aliphatic hydroxyl groups excluding tert-OH is 1. The lowest BCUT2D eigenvalue weighted by Crippen LogP contribution is -2.31. The molecule has 132 valence electrons. The Morgan fingerprint density at radius 1 is 1.40 bits per heavy atom. The highest BCUT2D eigenvalue weighted by Crippen LogP contribution is 2.23. The number of halogens is 1. The number of aromatic nitrogens is 4. The monoisotopic (exact) mass is 346 g/mol. The molecule has 0 saturated carbocycles. The number of aliphatic hydroxyl groups is 1. The first-order valence-electron chi connectivity index (χ1n) is 7.68. The van der Waals surface area contributed by atoms with Gasteiger partial charge in [0.15, 0.2) is 0 Å². The summed E-state index contributed by atoms with van der Waals surface area (Å²) in [6.07, 6.45) is 4.14. The first kappa shape index (κ1) is 17.2. The summed E-state index contributed by atoms with van der Waals surface area (Å²) in [5, 5.41) is 19.6. The minimum absolute atomic E-state index is 0.325. The zero-order valence-corrected chi connectivity index (χ0v) is 13.9. The maximum absolute atomic E-state index is 13.3. The summed E-state index contributed by atoms with van der Waals surface area (Å²) in [5.74, 6) is 0.212. The first-order chi connectivity index (χ1) is 12.0. The molecule has 0 aliphatic heterocycles. The van der Waals surface area contributed by atoms with Crippen LogP contribution in [0.4, 0.5) is 15.9 Å². The molecule has 9 heteroatoms. The van der Waals surface area contributed by atoms with E-state index >= 15 is 0 Å². The molecule has 1 atom stereocenters. The lowest BCUT2D eigenvalue weighted by atomic mass is 10.2. The molecule has 2 aromatic heterocycles. The molecule has 8 nitrogen and oxygen atoms in total. The summed E-state index contributed by atoms with van der Waals surface area (Å²) < 4.78 is 14.9. The third-order valence-electron chi connectivity index (χ3n) is 3.67. The van der Waals surface area contributed by atoms with Gasteiger partial charge in [-0.05, 0) is 12.1 Å². The highest BCUT2D eigenvalue weighted by Gasteiger charge is 2.11. The summed E-state index contributed by atoms with van der Waals surface area (Å²) in [7, 11) is 3.28. The zero-order valence-electron chi connectivity index (χ0n) is 13.9. The van der Waals surface area contributed by atoms with Crippen LogP contribution in [-0.2, 0) is 11.4 Å². The number of likely N-dealkylation sites (N-methyl/N-ethyl adjacent to an activating group) is 1. The quantitative estimate of drug-likeness (QED) is 0.628. The number of hydrogen-bond donors (Lipinski definition) is 2. The van der Waals surface area contributed by atoms with Crippen LogP contribution in [0.25, 0.3) is 10.9 Å². The van der Waals surface area contributed by atoms with Gasteiger partial charge in [-0.2, -0.15) is 10.2 Å². The van der Waals surface area contributed by atoms with E-state index in [1.165, 1.54) is 18.5 Å². The Morgan fingerprint density at radius 2 is 2.24 bits per heavy atom. The third-order valence-corrected chi connectivity index (χ3v) is 3.67. The fourth-order valence-electron chi connectivity index (χ4n) is 2.44. The van der Waals surface area contributed by atoms with Gasteiger partial charge in [0.2, 0.25) is 0 Å². The molecule has 1 unspecified atom stereocenters. The minimum atomic E-state index is -0.624. The van der Waals surface area contributed by atoms with Crippen LogP contribution < -0.4 is 5.32 Å². The van der Waals surface area contributed by atoms with Gasteiger partial charge in [-0.15, -0.1) is 0 Å². The lowest BCUT2D eigenvalue weighted by molar-refractivity contribution is -0.129. The van der Waals surface area contributed by atoms with Crippen LogP contribution in [0, 0.1) is 5.82 Å². The predicted molar refractivity (Wildman–Crippen MR) is 90.7 cm³/mol. The number of anilines is 2. The molecule has 0 aliphatic rings. The highest BCUT2D eigenvalue weighted by atomic mass is 19.1. The van der Waals surface area contributed by atoms with E-state index in [0.29, 0.717) is 35.5 Å². The molecule has 0 bridgehead atoms. The Kier molecular flexibility index (Phi) is 5.17. The number of benzene rings is 1. The average Bonchev–Trinajstić information content (AvgIpc) is 3.01. The summed E-state index contributed by atoms with van der Waals surface area (Å²) in [4.78, 5) is 13.2. The number of nitrogens with zero attached hydrogens (tertiary/aromatic N) is 5. The normalized spacial score (nSPS) is 12.7. The van der Waals surface area contributed by atoms with Crippen molar-refractivity contribution in [3.05, 3.63) is 42.7 Å². The fraction of sp³-hybridized carbons (Fsp3) is 0.312. The van der Waals surface area contributed by atoms with Crippen LogP contribution in [0.15, 0.2) is 36.9 Å². The van der Waals surface area contributed by atoms with Crippen molar-refractivity contribution in [1.82, 2.24) is 24.8 Å². The standard InChI is InChI=1S/C16H19FN6O2/c1-22(25-2)8-13(24)9-23-7-12(6-20-23)21-16-14-4-3-11(17)5-15(14)18-10-19-16/h3-7,10,13,24H,8-9H2,1-2H3,(H,18,19,21). The average molecular weight is 346 g/mol. The molecule has 0 spiro atoms. The van der Waals surface area contributed by atoms with E-state index in [2.05, 4.69) is 20.4 Å². The lowest BCUT2D eigenvalue weighted by Gasteiger charge is -2.17. The van der Waals surface area contributed by atoms with Gasteiger partial charge < -0.3 is 15.3 Å². The Balaban J connectivity index is 1.71. The number of hydrogen-bond acceptors (Lipinski definition) is 7. The van der Waals surface area contributed by atoms with E-state index in [1.807, 2.05) is 0 Å². The van der Waals surface area contributed by atoms with Gasteiger partial charge in [0.05, 0.1) is 43.7 Å². The molecule has 1 aromatic carbocycles. The third kappa shape index (κ3) is 4.27. The second-order valence-corrected chi connectivity index (χ2v) is 5.61. The van der Waals surface area contributed by atoms with Crippen LogP contribution in [0.5, 0.6) is 0 Å². The van der Waals surface area contributed by atoms with Gasteiger partial charge in [-0.25, -0.2) is 14.4 Å². The highest BCUT2D eigenvalue weighted by molar-refractivity contribution is 5.90. The molecule has 25 heavy (non-hydrogen) atoms. The van der Waals surface area contributed by atoms with Gasteiger partial charge in [0.1, 0.15) is 18.0 Å². The maximum Gasteiger partial charge on any atom is 0.141 e. The number of rotatable bonds is 7. The number of fused-ring (bicyclic) bond motifs is 1. The fourth-order valence-corrected chi connectivity index (χ4v) is 2.44. The van der Waals surface area contributed by atoms with E-state index in [0.717, 1.165) is 0 Å². The van der Waals surface area contributed by atoms with Crippen molar-refractivity contribution in [2.24, 2.45) is 0 Å². The van der Waals surface area contributed by atoms with Gasteiger partial charge in [0, 0.05) is 24.7 Å². The van der Waals surface area contributed by atoms with E-state index in [9.17, 15) is 9.50 Å². The zero-order chi connectivity index (χ0) is 17.8. The van der Waals surface area contributed by atoms with Crippen molar-refractivity contribution in [3.8, 4) is 0 Å². The molecule has 2 N–H and O–H groups in total. The molecule has 0 fully saturated rings. The molecule has 3 rings (SSSR count). The molecule has 0 radical (unpaired) electrons. The summed E-state index contributed by atoms with van der Waals surface area (Å²) in [5.41, 5.74) is 1.22. The largest absolute Gasteiger partial charge is 0.390 e. The topological polar surface area (TPSA) is 88.3 Å². The maximum atomic E-state index is 13.3. The van der Waals surface area contributed by atoms with Gasteiger partial charge in [-0.3, -0.25) is 4.68 Å². The molecule has 0 aliphatic carbocycles. The summed E-state index contributed by atoms with van der Waals surface area (Å²) in [6, 6.07) is 4.35. The van der Waals surface area contributed by atoms with Gasteiger partial charge in [0.25, 0.3) is 0 Å². The van der Waals surface area contributed by atoms with Crippen LogP contribution in [0.2, 0.25) is 0 Å². The van der Waals surface area contributed by atoms with Crippen LogP contribution in [0.1, 0.15) is 0 Å². The van der Waals surface area contributed by atoms with E-state index < -0.39 is 6.10 Å². The molecule has 2 heterocycles.